The first kappa shape index (κ1) is 10.7. The highest BCUT2D eigenvalue weighted by Crippen LogP contribution is 2.26. The molecule has 1 nitrogen and oxygen atoms in total. The van der Waals surface area contributed by atoms with Gasteiger partial charge in [0.05, 0.1) is 6.04 Å². The molecule has 1 heterocycles. The van der Waals surface area contributed by atoms with E-state index >= 15 is 0 Å². The fourth-order valence-corrected chi connectivity index (χ4v) is 2.38. The van der Waals surface area contributed by atoms with Crippen LogP contribution >= 0.6 is 22.9 Å². The van der Waals surface area contributed by atoms with E-state index < -0.39 is 0 Å². The van der Waals surface area contributed by atoms with Crippen LogP contribution in [0.25, 0.3) is 0 Å². The Morgan fingerprint density at radius 2 is 2.13 bits per heavy atom. The fraction of sp³-hybridized carbons (Fsp3) is 0.167. The van der Waals surface area contributed by atoms with E-state index in [1.807, 2.05) is 42.6 Å². The Labute approximate surface area is 98.5 Å². The molecule has 0 aliphatic rings. The van der Waals surface area contributed by atoms with E-state index in [4.69, 9.17) is 17.3 Å². The predicted molar refractivity (Wildman–Crippen MR) is 66.5 cm³/mol. The molecule has 0 aliphatic heterocycles. The number of nitrogens with two attached hydrogens (primary N) is 1. The molecular weight excluding hydrogens is 226 g/mol. The molecule has 0 radical (unpaired) electrons. The molecule has 15 heavy (non-hydrogen) atoms. The molecule has 0 amide bonds. The van der Waals surface area contributed by atoms with Crippen LogP contribution in [0, 0.1) is 6.92 Å². The summed E-state index contributed by atoms with van der Waals surface area (Å²) in [6, 6.07) is 9.97. The van der Waals surface area contributed by atoms with Crippen molar-refractivity contribution < 1.29 is 0 Å². The van der Waals surface area contributed by atoms with Gasteiger partial charge in [0.1, 0.15) is 0 Å². The molecule has 78 valence electrons. The maximum absolute atomic E-state index is 6.13. The number of hydrogen-bond acceptors (Lipinski definition) is 2. The Hall–Kier alpha value is -0.830. The first-order valence-corrected chi connectivity index (χ1v) is 5.99. The van der Waals surface area contributed by atoms with Crippen molar-refractivity contribution >= 4 is 22.9 Å². The van der Waals surface area contributed by atoms with E-state index in [0.29, 0.717) is 0 Å². The third-order valence-electron chi connectivity index (χ3n) is 2.40. The molecule has 2 N–H and O–H groups in total. The Morgan fingerprint density at radius 3 is 2.73 bits per heavy atom. The average Bonchev–Trinajstić information content (AvgIpc) is 2.74. The monoisotopic (exact) mass is 237 g/mol. The van der Waals surface area contributed by atoms with E-state index in [9.17, 15) is 0 Å². The van der Waals surface area contributed by atoms with Gasteiger partial charge < -0.3 is 5.73 Å². The second kappa shape index (κ2) is 4.35. The first-order valence-electron chi connectivity index (χ1n) is 4.73. The standard InChI is InChI=1S/C12H12ClNS/c1-8-4-5-9(7-10(8)13)12(14)11-3-2-6-15-11/h2-7,12H,14H2,1H3. The van der Waals surface area contributed by atoms with Crippen LogP contribution in [-0.4, -0.2) is 0 Å². The molecule has 0 fully saturated rings. The molecule has 0 bridgehead atoms. The van der Waals surface area contributed by atoms with Gasteiger partial charge in [-0.15, -0.1) is 11.3 Å². The summed E-state index contributed by atoms with van der Waals surface area (Å²) in [6.07, 6.45) is 0. The first-order chi connectivity index (χ1) is 7.18. The highest BCUT2D eigenvalue weighted by Gasteiger charge is 2.10. The van der Waals surface area contributed by atoms with Crippen LogP contribution in [0.2, 0.25) is 5.02 Å². The lowest BCUT2D eigenvalue weighted by Gasteiger charge is -2.11. The third-order valence-corrected chi connectivity index (χ3v) is 3.77. The van der Waals surface area contributed by atoms with Gasteiger partial charge in [-0.1, -0.05) is 29.8 Å². The van der Waals surface area contributed by atoms with Gasteiger partial charge in [0.15, 0.2) is 0 Å². The Bertz CT molecular complexity index is 451. The SMILES string of the molecule is Cc1ccc(C(N)c2cccs2)cc1Cl. The summed E-state index contributed by atoms with van der Waals surface area (Å²) in [7, 11) is 0. The lowest BCUT2D eigenvalue weighted by atomic mass is 10.0. The van der Waals surface area contributed by atoms with Crippen LogP contribution in [0.15, 0.2) is 35.7 Å². The molecule has 2 rings (SSSR count). The van der Waals surface area contributed by atoms with Crippen LogP contribution in [0.4, 0.5) is 0 Å². The van der Waals surface area contributed by atoms with Crippen LogP contribution in [0.5, 0.6) is 0 Å². The zero-order chi connectivity index (χ0) is 10.8. The predicted octanol–water partition coefficient (Wildman–Crippen LogP) is 3.76. The number of halogens is 1. The van der Waals surface area contributed by atoms with E-state index in [0.717, 1.165) is 21.0 Å². The van der Waals surface area contributed by atoms with Crippen LogP contribution in [0.1, 0.15) is 22.0 Å². The Kier molecular flexibility index (Phi) is 3.10. The molecule has 1 atom stereocenters. The minimum absolute atomic E-state index is 0.0666. The van der Waals surface area contributed by atoms with Gasteiger partial charge in [-0.05, 0) is 35.6 Å². The van der Waals surface area contributed by atoms with Gasteiger partial charge in [-0.3, -0.25) is 0 Å². The van der Waals surface area contributed by atoms with Gasteiger partial charge in [-0.2, -0.15) is 0 Å². The average molecular weight is 238 g/mol. The number of rotatable bonds is 2. The van der Waals surface area contributed by atoms with Gasteiger partial charge in [0.2, 0.25) is 0 Å². The maximum atomic E-state index is 6.13. The summed E-state index contributed by atoms with van der Waals surface area (Å²) in [5.74, 6) is 0. The Morgan fingerprint density at radius 1 is 1.33 bits per heavy atom. The molecule has 1 unspecified atom stereocenters. The lowest BCUT2D eigenvalue weighted by molar-refractivity contribution is 0.893. The molecule has 3 heteroatoms. The third kappa shape index (κ3) is 2.23. The summed E-state index contributed by atoms with van der Waals surface area (Å²) in [5.41, 5.74) is 8.28. The van der Waals surface area contributed by atoms with Gasteiger partial charge in [-0.25, -0.2) is 0 Å². The van der Waals surface area contributed by atoms with Crippen molar-refractivity contribution in [1.29, 1.82) is 0 Å². The zero-order valence-corrected chi connectivity index (χ0v) is 9.98. The van der Waals surface area contributed by atoms with Crippen LogP contribution in [0.3, 0.4) is 0 Å². The Balaban J connectivity index is 2.34. The van der Waals surface area contributed by atoms with Crippen molar-refractivity contribution in [1.82, 2.24) is 0 Å². The number of hydrogen-bond donors (Lipinski definition) is 1. The minimum atomic E-state index is -0.0666. The lowest BCUT2D eigenvalue weighted by Crippen LogP contribution is -2.10. The highest BCUT2D eigenvalue weighted by atomic mass is 35.5. The van der Waals surface area contributed by atoms with Gasteiger partial charge >= 0.3 is 0 Å². The maximum Gasteiger partial charge on any atom is 0.0646 e. The molecule has 2 aromatic rings. The topological polar surface area (TPSA) is 26.0 Å². The van der Waals surface area contributed by atoms with Crippen molar-refractivity contribution in [2.45, 2.75) is 13.0 Å². The molecular formula is C12H12ClNS. The van der Waals surface area contributed by atoms with E-state index in [1.165, 1.54) is 0 Å². The van der Waals surface area contributed by atoms with Crippen molar-refractivity contribution in [2.24, 2.45) is 5.73 Å². The number of thiophene rings is 1. The van der Waals surface area contributed by atoms with E-state index in [-0.39, 0.29) is 6.04 Å². The van der Waals surface area contributed by atoms with Crippen molar-refractivity contribution in [3.05, 3.63) is 56.7 Å². The highest BCUT2D eigenvalue weighted by molar-refractivity contribution is 7.10. The number of benzene rings is 1. The molecule has 1 aromatic heterocycles. The molecule has 0 saturated carbocycles. The second-order valence-corrected chi connectivity index (χ2v) is 4.89. The van der Waals surface area contributed by atoms with Gasteiger partial charge in [0, 0.05) is 9.90 Å². The van der Waals surface area contributed by atoms with Crippen LogP contribution in [-0.2, 0) is 0 Å². The minimum Gasteiger partial charge on any atom is -0.320 e. The fourth-order valence-electron chi connectivity index (χ4n) is 1.44. The van der Waals surface area contributed by atoms with Crippen LogP contribution < -0.4 is 5.73 Å². The van der Waals surface area contributed by atoms with E-state index in [2.05, 4.69) is 0 Å². The van der Waals surface area contributed by atoms with Crippen molar-refractivity contribution in [3.63, 3.8) is 0 Å². The smallest absolute Gasteiger partial charge is 0.0646 e. The zero-order valence-electron chi connectivity index (χ0n) is 8.41. The summed E-state index contributed by atoms with van der Waals surface area (Å²) in [4.78, 5) is 1.16. The van der Waals surface area contributed by atoms with E-state index in [1.54, 1.807) is 11.3 Å². The molecule has 0 aliphatic carbocycles. The molecule has 0 saturated heterocycles. The van der Waals surface area contributed by atoms with Gasteiger partial charge in [0.25, 0.3) is 0 Å². The summed E-state index contributed by atoms with van der Waals surface area (Å²) >= 11 is 7.73. The summed E-state index contributed by atoms with van der Waals surface area (Å²) < 4.78 is 0. The van der Waals surface area contributed by atoms with Crippen molar-refractivity contribution in [3.8, 4) is 0 Å². The molecule has 1 aromatic carbocycles. The normalized spacial score (nSPS) is 12.7. The summed E-state index contributed by atoms with van der Waals surface area (Å²) in [6.45, 7) is 1.99. The quantitative estimate of drug-likeness (QED) is 0.846. The van der Waals surface area contributed by atoms with Crippen molar-refractivity contribution in [2.75, 3.05) is 0 Å². The largest absolute Gasteiger partial charge is 0.320 e. The number of aryl methyl sites for hydroxylation is 1. The second-order valence-electron chi connectivity index (χ2n) is 3.50. The molecule has 0 spiro atoms. The summed E-state index contributed by atoms with van der Waals surface area (Å²) in [5, 5.41) is 2.81.